The van der Waals surface area contributed by atoms with Crippen LogP contribution in [0.2, 0.25) is 10.0 Å². The van der Waals surface area contributed by atoms with Gasteiger partial charge in [-0.15, -0.1) is 0 Å². The third-order valence-electron chi connectivity index (χ3n) is 4.33. The molecule has 0 bridgehead atoms. The van der Waals surface area contributed by atoms with Crippen LogP contribution in [-0.4, -0.2) is 18.8 Å². The average molecular weight is 359 g/mol. The highest BCUT2D eigenvalue weighted by molar-refractivity contribution is 6.31. The largest absolute Gasteiger partial charge is 0.468 e. The first-order valence-corrected chi connectivity index (χ1v) is 7.85. The first-order valence-electron chi connectivity index (χ1n) is 7.09. The Hall–Kier alpha value is -2.35. The van der Waals surface area contributed by atoms with E-state index in [2.05, 4.69) is 6.07 Å². The van der Waals surface area contributed by atoms with Gasteiger partial charge in [-0.05, 0) is 35.4 Å². The number of carbonyl (C=O) groups excluding carboxylic acids is 1. The Labute approximate surface area is 149 Å². The molecule has 24 heavy (non-hydrogen) atoms. The Kier molecular flexibility index (Phi) is 4.08. The first-order chi connectivity index (χ1) is 11.5. The lowest BCUT2D eigenvalue weighted by Gasteiger charge is -2.28. The van der Waals surface area contributed by atoms with Crippen LogP contribution in [0.5, 0.6) is 0 Å². The molecular weight excluding hydrogens is 347 g/mol. The van der Waals surface area contributed by atoms with E-state index in [9.17, 15) is 10.1 Å². The van der Waals surface area contributed by atoms with Crippen molar-refractivity contribution in [1.82, 2.24) is 0 Å². The van der Waals surface area contributed by atoms with E-state index in [1.54, 1.807) is 42.5 Å². The fraction of sp³-hybridized carbons (Fsp3) is 0.167. The van der Waals surface area contributed by atoms with Crippen molar-refractivity contribution in [2.75, 3.05) is 7.11 Å². The number of ether oxygens (including phenoxy) is 1. The van der Waals surface area contributed by atoms with E-state index in [0.717, 1.165) is 0 Å². The average Bonchev–Trinajstić information content (AvgIpc) is 2.83. The zero-order valence-corrected chi connectivity index (χ0v) is 14.2. The third kappa shape index (κ3) is 2.21. The topological polar surface area (TPSA) is 73.9 Å². The number of rotatable bonds is 2. The number of halogens is 2. The van der Waals surface area contributed by atoms with E-state index >= 15 is 0 Å². The van der Waals surface area contributed by atoms with Crippen LogP contribution < -0.4 is 0 Å². The van der Waals surface area contributed by atoms with Crippen LogP contribution in [0.3, 0.4) is 0 Å². The Morgan fingerprint density at radius 1 is 1.21 bits per heavy atom. The molecular formula is C18H12Cl2N2O2. The molecule has 6 heteroatoms. The summed E-state index contributed by atoms with van der Waals surface area (Å²) in [4.78, 5) is 12.4. The zero-order chi connectivity index (χ0) is 17.5. The number of hydrogen-bond donors (Lipinski definition) is 1. The molecule has 0 saturated heterocycles. The van der Waals surface area contributed by atoms with Crippen molar-refractivity contribution in [3.8, 4) is 6.07 Å². The van der Waals surface area contributed by atoms with Crippen molar-refractivity contribution in [3.05, 3.63) is 69.2 Å². The normalized spacial score (nSPS) is 21.9. The summed E-state index contributed by atoms with van der Waals surface area (Å²) >= 11 is 12.1. The summed E-state index contributed by atoms with van der Waals surface area (Å²) < 4.78 is 4.88. The van der Waals surface area contributed by atoms with Crippen molar-refractivity contribution >= 4 is 34.9 Å². The van der Waals surface area contributed by atoms with Gasteiger partial charge >= 0.3 is 5.97 Å². The smallest absolute Gasteiger partial charge is 0.317 e. The fourth-order valence-electron chi connectivity index (χ4n) is 3.24. The van der Waals surface area contributed by atoms with Crippen molar-refractivity contribution in [1.29, 1.82) is 10.7 Å². The summed E-state index contributed by atoms with van der Waals surface area (Å²) in [6.45, 7) is 0. The minimum absolute atomic E-state index is 0.0463. The van der Waals surface area contributed by atoms with E-state index in [-0.39, 0.29) is 5.71 Å². The summed E-state index contributed by atoms with van der Waals surface area (Å²) in [6.07, 6.45) is 0. The predicted molar refractivity (Wildman–Crippen MR) is 91.6 cm³/mol. The summed E-state index contributed by atoms with van der Waals surface area (Å²) in [5.74, 6) is -1.70. The maximum atomic E-state index is 12.4. The van der Waals surface area contributed by atoms with Gasteiger partial charge in [-0.25, -0.2) is 0 Å². The molecule has 2 aromatic carbocycles. The van der Waals surface area contributed by atoms with E-state index < -0.39 is 17.3 Å². The number of nitriles is 1. The Morgan fingerprint density at radius 2 is 1.83 bits per heavy atom. The lowest BCUT2D eigenvalue weighted by molar-refractivity contribution is -0.143. The molecule has 0 radical (unpaired) electrons. The van der Waals surface area contributed by atoms with Crippen molar-refractivity contribution in [2.24, 2.45) is 5.92 Å². The molecule has 0 amide bonds. The van der Waals surface area contributed by atoms with E-state index in [0.29, 0.717) is 26.7 Å². The lowest BCUT2D eigenvalue weighted by Crippen LogP contribution is -2.39. The monoisotopic (exact) mass is 358 g/mol. The highest BCUT2D eigenvalue weighted by Crippen LogP contribution is 2.49. The van der Waals surface area contributed by atoms with Crippen molar-refractivity contribution < 1.29 is 9.53 Å². The van der Waals surface area contributed by atoms with Crippen LogP contribution in [0.4, 0.5) is 0 Å². The maximum Gasteiger partial charge on any atom is 0.317 e. The van der Waals surface area contributed by atoms with Gasteiger partial charge in [0.2, 0.25) is 0 Å². The van der Waals surface area contributed by atoms with Crippen LogP contribution in [0.1, 0.15) is 16.7 Å². The molecule has 2 unspecified atom stereocenters. The van der Waals surface area contributed by atoms with Gasteiger partial charge in [-0.2, -0.15) is 5.26 Å². The predicted octanol–water partition coefficient (Wildman–Crippen LogP) is 3.97. The van der Waals surface area contributed by atoms with E-state index in [1.807, 2.05) is 0 Å². The molecule has 2 aromatic rings. The number of hydrogen-bond acceptors (Lipinski definition) is 4. The van der Waals surface area contributed by atoms with Crippen molar-refractivity contribution in [2.45, 2.75) is 5.41 Å². The number of carbonyl (C=O) groups is 1. The van der Waals surface area contributed by atoms with Gasteiger partial charge in [0.1, 0.15) is 11.3 Å². The number of nitrogens with one attached hydrogen (secondary N) is 1. The fourth-order valence-corrected chi connectivity index (χ4v) is 3.54. The van der Waals surface area contributed by atoms with Crippen LogP contribution >= 0.6 is 23.2 Å². The van der Waals surface area contributed by atoms with Gasteiger partial charge in [0, 0.05) is 15.6 Å². The molecule has 0 spiro atoms. The number of esters is 1. The molecule has 1 N–H and O–H groups in total. The maximum absolute atomic E-state index is 12.4. The van der Waals surface area contributed by atoms with Gasteiger partial charge < -0.3 is 10.1 Å². The Bertz CT molecular complexity index is 887. The second-order valence-corrected chi connectivity index (χ2v) is 6.36. The van der Waals surface area contributed by atoms with E-state index in [4.69, 9.17) is 33.3 Å². The standard InChI is InChI=1S/C18H12Cl2N2O2/c1-24-17(23)15-16(22)13-7-6-12(20)8-14(13)18(15,9-21)10-2-4-11(19)5-3-10/h2-8,15,22H,1H3. The van der Waals surface area contributed by atoms with Gasteiger partial charge in [-0.1, -0.05) is 41.4 Å². The Balaban J connectivity index is 2.37. The molecule has 120 valence electrons. The van der Waals surface area contributed by atoms with Crippen LogP contribution in [0.15, 0.2) is 42.5 Å². The molecule has 0 aliphatic heterocycles. The molecule has 1 aliphatic rings. The minimum Gasteiger partial charge on any atom is -0.468 e. The third-order valence-corrected chi connectivity index (χ3v) is 4.82. The molecule has 0 fully saturated rings. The number of methoxy groups -OCH3 is 1. The second-order valence-electron chi connectivity index (χ2n) is 5.49. The summed E-state index contributed by atoms with van der Waals surface area (Å²) in [5, 5.41) is 19.4. The highest BCUT2D eigenvalue weighted by atomic mass is 35.5. The second kappa shape index (κ2) is 5.94. The molecule has 0 saturated carbocycles. The van der Waals surface area contributed by atoms with Crippen LogP contribution in [-0.2, 0) is 14.9 Å². The number of fused-ring (bicyclic) bond motifs is 1. The highest BCUT2D eigenvalue weighted by Gasteiger charge is 2.56. The molecule has 4 nitrogen and oxygen atoms in total. The van der Waals surface area contributed by atoms with E-state index in [1.165, 1.54) is 7.11 Å². The summed E-state index contributed by atoms with van der Waals surface area (Å²) in [7, 11) is 1.25. The number of nitrogens with zero attached hydrogens (tertiary/aromatic N) is 1. The van der Waals surface area contributed by atoms with Gasteiger partial charge in [0.25, 0.3) is 0 Å². The first kappa shape index (κ1) is 16.5. The van der Waals surface area contributed by atoms with Gasteiger partial charge in [0.15, 0.2) is 0 Å². The zero-order valence-electron chi connectivity index (χ0n) is 12.6. The molecule has 2 atom stereocenters. The number of benzene rings is 2. The van der Waals surface area contributed by atoms with Gasteiger partial charge in [0.05, 0.1) is 18.9 Å². The van der Waals surface area contributed by atoms with Gasteiger partial charge in [-0.3, -0.25) is 4.79 Å². The summed E-state index contributed by atoms with van der Waals surface area (Å²) in [6, 6.07) is 13.8. The summed E-state index contributed by atoms with van der Waals surface area (Å²) in [5.41, 5.74) is 0.279. The molecule has 1 aliphatic carbocycles. The molecule has 3 rings (SSSR count). The molecule has 0 heterocycles. The van der Waals surface area contributed by atoms with Crippen molar-refractivity contribution in [3.63, 3.8) is 0 Å². The van der Waals surface area contributed by atoms with Crippen LogP contribution in [0.25, 0.3) is 0 Å². The molecule has 0 aromatic heterocycles. The minimum atomic E-state index is -1.38. The lowest BCUT2D eigenvalue weighted by atomic mass is 9.70. The quantitative estimate of drug-likeness (QED) is 0.825. The SMILES string of the molecule is COC(=O)C1C(=N)c2ccc(Cl)cc2C1(C#N)c1ccc(Cl)cc1. The van der Waals surface area contributed by atoms with Crippen LogP contribution in [0, 0.1) is 22.7 Å². The Morgan fingerprint density at radius 3 is 2.42 bits per heavy atom.